The summed E-state index contributed by atoms with van der Waals surface area (Å²) in [7, 11) is 0. The average Bonchev–Trinajstić information content (AvgIpc) is 2.21. The largest absolute Gasteiger partial charge is 0.389 e. The molecule has 2 nitrogen and oxygen atoms in total. The van der Waals surface area contributed by atoms with Gasteiger partial charge in [0.15, 0.2) is 0 Å². The van der Waals surface area contributed by atoms with Crippen LogP contribution in [0.4, 0.5) is 0 Å². The normalized spacial score (nSPS) is 13.1. The number of aliphatic hydroxyl groups excluding tert-OH is 1. The smallest absolute Gasteiger partial charge is 0.0908 e. The molecule has 0 aromatic rings. The molecule has 0 rings (SSSR count). The van der Waals surface area contributed by atoms with Crippen LogP contribution in [0.1, 0.15) is 26.2 Å². The number of aliphatic hydroxyl groups is 1. The summed E-state index contributed by atoms with van der Waals surface area (Å²) in [6.07, 6.45) is 3.12. The minimum absolute atomic E-state index is 0.255. The molecule has 0 aliphatic heterocycles. The molecule has 4 heteroatoms. The highest BCUT2D eigenvalue weighted by Gasteiger charge is 2.00. The second kappa shape index (κ2) is 11.6. The minimum atomic E-state index is -0.510. The maximum absolute atomic E-state index is 9.07. The number of alkyl halides is 1. The summed E-state index contributed by atoms with van der Waals surface area (Å²) in [5.41, 5.74) is 0. The van der Waals surface area contributed by atoms with Crippen LogP contribution in [0.2, 0.25) is 0 Å². The van der Waals surface area contributed by atoms with E-state index in [4.69, 9.17) is 21.4 Å². The van der Waals surface area contributed by atoms with Gasteiger partial charge in [0.1, 0.15) is 0 Å². The molecule has 14 heavy (non-hydrogen) atoms. The molecule has 0 fully saturated rings. The lowest BCUT2D eigenvalue weighted by Crippen LogP contribution is -2.17. The number of halogens is 1. The Hall–Kier alpha value is 0.560. The van der Waals surface area contributed by atoms with E-state index < -0.39 is 6.10 Å². The minimum Gasteiger partial charge on any atom is -0.389 e. The van der Waals surface area contributed by atoms with Gasteiger partial charge in [-0.2, -0.15) is 11.8 Å². The van der Waals surface area contributed by atoms with Crippen molar-refractivity contribution in [3.8, 4) is 0 Å². The predicted molar refractivity (Wildman–Crippen MR) is 64.4 cm³/mol. The van der Waals surface area contributed by atoms with Crippen LogP contribution in [0.3, 0.4) is 0 Å². The fourth-order valence-corrected chi connectivity index (χ4v) is 1.98. The Bertz CT molecular complexity index is 114. The van der Waals surface area contributed by atoms with Gasteiger partial charge in [-0.25, -0.2) is 0 Å². The van der Waals surface area contributed by atoms with Crippen molar-refractivity contribution < 1.29 is 9.84 Å². The molecule has 1 atom stereocenters. The molecule has 1 N–H and O–H groups in total. The van der Waals surface area contributed by atoms with Crippen molar-refractivity contribution >= 4 is 23.4 Å². The van der Waals surface area contributed by atoms with Gasteiger partial charge >= 0.3 is 0 Å². The number of thioether (sulfide) groups is 1. The number of unbranched alkanes of at least 4 members (excludes halogenated alkanes) is 1. The molecule has 86 valence electrons. The summed E-state index contributed by atoms with van der Waals surface area (Å²) in [4.78, 5) is 0. The molecule has 0 saturated carbocycles. The van der Waals surface area contributed by atoms with Gasteiger partial charge in [-0.05, 0) is 24.3 Å². The Balaban J connectivity index is 2.92. The van der Waals surface area contributed by atoms with Crippen LogP contribution in [-0.2, 0) is 4.74 Å². The van der Waals surface area contributed by atoms with Crippen LogP contribution in [-0.4, -0.2) is 41.8 Å². The Kier molecular flexibility index (Phi) is 12.1. The molecule has 0 aromatic heterocycles. The van der Waals surface area contributed by atoms with Crippen molar-refractivity contribution in [3.05, 3.63) is 0 Å². The molecule has 0 radical (unpaired) electrons. The van der Waals surface area contributed by atoms with E-state index in [1.54, 1.807) is 0 Å². The molecule has 1 unspecified atom stereocenters. The van der Waals surface area contributed by atoms with Crippen LogP contribution in [0.25, 0.3) is 0 Å². The molecule has 0 amide bonds. The lowest BCUT2D eigenvalue weighted by atomic mass is 10.4. The molecule has 0 aliphatic rings. The first-order valence-corrected chi connectivity index (χ1v) is 6.89. The van der Waals surface area contributed by atoms with Gasteiger partial charge in [0.05, 0.1) is 18.6 Å². The molecule has 0 bridgehead atoms. The fourth-order valence-electron chi connectivity index (χ4n) is 0.875. The predicted octanol–water partition coefficient (Wildman–Crippen LogP) is 2.53. The van der Waals surface area contributed by atoms with Gasteiger partial charge in [-0.3, -0.25) is 0 Å². The van der Waals surface area contributed by atoms with Crippen LogP contribution in [0, 0.1) is 0 Å². The van der Waals surface area contributed by atoms with E-state index in [2.05, 4.69) is 6.92 Å². The topological polar surface area (TPSA) is 29.5 Å². The number of hydrogen-bond donors (Lipinski definition) is 1. The van der Waals surface area contributed by atoms with E-state index in [0.717, 1.165) is 18.8 Å². The fraction of sp³-hybridized carbons (Fsp3) is 1.00. The molecular formula is C10H21ClO2S. The lowest BCUT2D eigenvalue weighted by Gasteiger charge is -2.07. The summed E-state index contributed by atoms with van der Waals surface area (Å²) >= 11 is 7.39. The molecular weight excluding hydrogens is 220 g/mol. The molecule has 0 saturated heterocycles. The quantitative estimate of drug-likeness (QED) is 0.470. The summed E-state index contributed by atoms with van der Waals surface area (Å²) in [6, 6.07) is 0. The van der Waals surface area contributed by atoms with Crippen molar-refractivity contribution in [1.82, 2.24) is 0 Å². The Morgan fingerprint density at radius 1 is 1.36 bits per heavy atom. The zero-order chi connectivity index (χ0) is 10.6. The van der Waals surface area contributed by atoms with Gasteiger partial charge in [-0.15, -0.1) is 11.6 Å². The van der Waals surface area contributed by atoms with Crippen molar-refractivity contribution in [2.75, 3.05) is 30.6 Å². The first-order chi connectivity index (χ1) is 6.81. The SMILES string of the molecule is CCCCSCCCOCC(O)CCl. The molecule has 0 heterocycles. The van der Waals surface area contributed by atoms with Gasteiger partial charge in [0.2, 0.25) is 0 Å². The van der Waals surface area contributed by atoms with Crippen molar-refractivity contribution in [3.63, 3.8) is 0 Å². The van der Waals surface area contributed by atoms with E-state index in [-0.39, 0.29) is 5.88 Å². The molecule has 0 spiro atoms. The van der Waals surface area contributed by atoms with E-state index in [1.165, 1.54) is 18.6 Å². The number of rotatable bonds is 10. The number of ether oxygens (including phenoxy) is 1. The van der Waals surface area contributed by atoms with Crippen LogP contribution < -0.4 is 0 Å². The number of hydrogen-bond acceptors (Lipinski definition) is 3. The van der Waals surface area contributed by atoms with Crippen LogP contribution in [0.5, 0.6) is 0 Å². The van der Waals surface area contributed by atoms with Gasteiger partial charge in [-0.1, -0.05) is 13.3 Å². The summed E-state index contributed by atoms with van der Waals surface area (Å²) in [5, 5.41) is 9.07. The van der Waals surface area contributed by atoms with Crippen molar-refractivity contribution in [2.45, 2.75) is 32.3 Å². The van der Waals surface area contributed by atoms with Crippen LogP contribution in [0.15, 0.2) is 0 Å². The maximum atomic E-state index is 9.07. The second-order valence-corrected chi connectivity index (χ2v) is 4.74. The average molecular weight is 241 g/mol. The Labute approximate surface area is 96.4 Å². The molecule has 0 aliphatic carbocycles. The second-order valence-electron chi connectivity index (χ2n) is 3.20. The summed E-state index contributed by atoms with van der Waals surface area (Å²) in [5.74, 6) is 2.66. The third-order valence-corrected chi connectivity index (χ3v) is 3.22. The van der Waals surface area contributed by atoms with Gasteiger partial charge in [0.25, 0.3) is 0 Å². The maximum Gasteiger partial charge on any atom is 0.0908 e. The third-order valence-electron chi connectivity index (χ3n) is 1.71. The highest BCUT2D eigenvalue weighted by Crippen LogP contribution is 2.05. The zero-order valence-corrected chi connectivity index (χ0v) is 10.4. The van der Waals surface area contributed by atoms with E-state index in [9.17, 15) is 0 Å². The zero-order valence-electron chi connectivity index (χ0n) is 8.88. The Morgan fingerprint density at radius 2 is 2.07 bits per heavy atom. The van der Waals surface area contributed by atoms with Crippen molar-refractivity contribution in [1.29, 1.82) is 0 Å². The monoisotopic (exact) mass is 240 g/mol. The first kappa shape index (κ1) is 14.6. The highest BCUT2D eigenvalue weighted by molar-refractivity contribution is 7.99. The highest BCUT2D eigenvalue weighted by atomic mass is 35.5. The lowest BCUT2D eigenvalue weighted by molar-refractivity contribution is 0.0486. The summed E-state index contributed by atoms with van der Waals surface area (Å²) in [6.45, 7) is 3.30. The molecule has 0 aromatic carbocycles. The third kappa shape index (κ3) is 10.6. The Morgan fingerprint density at radius 3 is 2.71 bits per heavy atom. The van der Waals surface area contributed by atoms with E-state index >= 15 is 0 Å². The van der Waals surface area contributed by atoms with Crippen LogP contribution >= 0.6 is 23.4 Å². The van der Waals surface area contributed by atoms with Gasteiger partial charge < -0.3 is 9.84 Å². The van der Waals surface area contributed by atoms with E-state index in [1.807, 2.05) is 11.8 Å². The van der Waals surface area contributed by atoms with Crippen molar-refractivity contribution in [2.24, 2.45) is 0 Å². The standard InChI is InChI=1S/C10H21ClO2S/c1-2-3-6-14-7-4-5-13-9-10(12)8-11/h10,12H,2-9H2,1H3. The van der Waals surface area contributed by atoms with E-state index in [0.29, 0.717) is 6.61 Å². The van der Waals surface area contributed by atoms with Gasteiger partial charge in [0, 0.05) is 6.61 Å². The summed E-state index contributed by atoms with van der Waals surface area (Å²) < 4.78 is 5.25. The first-order valence-electron chi connectivity index (χ1n) is 5.20.